The van der Waals surface area contributed by atoms with E-state index in [1.807, 2.05) is 23.5 Å². The van der Waals surface area contributed by atoms with E-state index in [-0.39, 0.29) is 5.92 Å². The molecule has 0 radical (unpaired) electrons. The third kappa shape index (κ3) is 3.37. The second-order valence-corrected chi connectivity index (χ2v) is 8.16. The first-order chi connectivity index (χ1) is 11.7. The molecule has 2 aliphatic rings. The molecule has 4 rings (SSSR count). The van der Waals surface area contributed by atoms with Gasteiger partial charge in [-0.1, -0.05) is 23.7 Å². The van der Waals surface area contributed by atoms with E-state index >= 15 is 0 Å². The van der Waals surface area contributed by atoms with Crippen molar-refractivity contribution in [1.82, 2.24) is 9.80 Å². The van der Waals surface area contributed by atoms with E-state index in [0.717, 1.165) is 50.6 Å². The van der Waals surface area contributed by atoms with Gasteiger partial charge in [-0.2, -0.15) is 0 Å². The van der Waals surface area contributed by atoms with Crippen molar-refractivity contribution < 1.29 is 4.79 Å². The number of carbonyl (C=O) groups excluding carboxylic acids is 1. The summed E-state index contributed by atoms with van der Waals surface area (Å²) >= 11 is 7.76. The largest absolute Gasteiger partial charge is 0.338 e. The van der Waals surface area contributed by atoms with Gasteiger partial charge in [-0.15, -0.1) is 11.3 Å². The average molecular weight is 361 g/mol. The number of hydrogen-bond acceptors (Lipinski definition) is 3. The molecule has 1 amide bonds. The van der Waals surface area contributed by atoms with Crippen molar-refractivity contribution in [2.75, 3.05) is 19.6 Å². The first kappa shape index (κ1) is 16.1. The van der Waals surface area contributed by atoms with Gasteiger partial charge >= 0.3 is 0 Å². The van der Waals surface area contributed by atoms with Gasteiger partial charge in [-0.05, 0) is 54.1 Å². The van der Waals surface area contributed by atoms with E-state index in [1.165, 1.54) is 16.0 Å². The van der Waals surface area contributed by atoms with Gasteiger partial charge < -0.3 is 4.90 Å². The van der Waals surface area contributed by atoms with Gasteiger partial charge in [0.2, 0.25) is 5.91 Å². The quantitative estimate of drug-likeness (QED) is 0.831. The predicted molar refractivity (Wildman–Crippen MR) is 98.3 cm³/mol. The Morgan fingerprint density at radius 2 is 2.04 bits per heavy atom. The Balaban J connectivity index is 1.34. The van der Waals surface area contributed by atoms with E-state index in [1.54, 1.807) is 0 Å². The summed E-state index contributed by atoms with van der Waals surface area (Å²) in [5.41, 5.74) is 2.60. The number of amides is 1. The van der Waals surface area contributed by atoms with Crippen molar-refractivity contribution in [2.45, 2.75) is 25.9 Å². The minimum Gasteiger partial charge on any atom is -0.338 e. The maximum absolute atomic E-state index is 12.9. The van der Waals surface area contributed by atoms with Crippen molar-refractivity contribution >= 4 is 28.8 Å². The number of rotatable bonds is 3. The molecule has 0 N–H and O–H groups in total. The Morgan fingerprint density at radius 3 is 2.88 bits per heavy atom. The molecule has 2 aromatic rings. The summed E-state index contributed by atoms with van der Waals surface area (Å²) in [5.74, 6) is 0.489. The minimum atomic E-state index is 0.150. The third-order valence-corrected chi connectivity index (χ3v) is 6.34. The number of nitrogens with zero attached hydrogens (tertiary/aromatic N) is 2. The van der Waals surface area contributed by atoms with E-state index in [9.17, 15) is 4.79 Å². The van der Waals surface area contributed by atoms with Crippen molar-refractivity contribution in [3.63, 3.8) is 0 Å². The summed E-state index contributed by atoms with van der Waals surface area (Å²) < 4.78 is 0. The lowest BCUT2D eigenvalue weighted by Gasteiger charge is -2.29. The molecule has 2 aliphatic heterocycles. The third-order valence-electron chi connectivity index (χ3n) is 5.06. The lowest BCUT2D eigenvalue weighted by atomic mass is 10.0. The van der Waals surface area contributed by atoms with Crippen molar-refractivity contribution in [3.8, 4) is 0 Å². The molecule has 1 saturated heterocycles. The zero-order valence-electron chi connectivity index (χ0n) is 13.6. The highest BCUT2D eigenvalue weighted by Crippen LogP contribution is 2.27. The van der Waals surface area contributed by atoms with Crippen LogP contribution in [0.15, 0.2) is 35.7 Å². The Hall–Kier alpha value is -1.36. The molecule has 0 bridgehead atoms. The van der Waals surface area contributed by atoms with E-state index in [0.29, 0.717) is 5.91 Å². The molecule has 1 atom stereocenters. The van der Waals surface area contributed by atoms with E-state index in [2.05, 4.69) is 33.4 Å². The maximum atomic E-state index is 12.9. The predicted octanol–water partition coefficient (Wildman–Crippen LogP) is 3.81. The molecule has 0 spiro atoms. The normalized spacial score (nSPS) is 21.0. The molecule has 0 aliphatic carbocycles. The van der Waals surface area contributed by atoms with Gasteiger partial charge in [0.05, 0.1) is 5.92 Å². The lowest BCUT2D eigenvalue weighted by molar-refractivity contribution is -0.136. The molecule has 5 heteroatoms. The molecule has 3 nitrogen and oxygen atoms in total. The maximum Gasteiger partial charge on any atom is 0.227 e. The molecule has 1 unspecified atom stereocenters. The summed E-state index contributed by atoms with van der Waals surface area (Å²) in [6.45, 7) is 4.44. The summed E-state index contributed by atoms with van der Waals surface area (Å²) in [7, 11) is 0. The van der Waals surface area contributed by atoms with Gasteiger partial charge in [0, 0.05) is 36.1 Å². The molecule has 1 aromatic carbocycles. The minimum absolute atomic E-state index is 0.150. The van der Waals surface area contributed by atoms with Crippen molar-refractivity contribution in [2.24, 2.45) is 5.92 Å². The second-order valence-electron chi connectivity index (χ2n) is 6.73. The first-order valence-corrected chi connectivity index (χ1v) is 9.75. The van der Waals surface area contributed by atoms with Crippen LogP contribution in [-0.4, -0.2) is 35.3 Å². The fourth-order valence-corrected chi connectivity index (χ4v) is 4.74. The summed E-state index contributed by atoms with van der Waals surface area (Å²) in [6, 6.07) is 10.2. The molecular formula is C19H21ClN2OS. The number of fused-ring (bicyclic) bond motifs is 1. The molecule has 1 fully saturated rings. The van der Waals surface area contributed by atoms with Crippen LogP contribution in [0, 0.1) is 5.92 Å². The van der Waals surface area contributed by atoms with Gasteiger partial charge in [-0.3, -0.25) is 9.69 Å². The van der Waals surface area contributed by atoms with Crippen LogP contribution in [0.25, 0.3) is 0 Å². The smallest absolute Gasteiger partial charge is 0.227 e. The Morgan fingerprint density at radius 1 is 1.21 bits per heavy atom. The molecule has 1 aromatic heterocycles. The molecule has 24 heavy (non-hydrogen) atoms. The number of hydrogen-bond donors (Lipinski definition) is 0. The van der Waals surface area contributed by atoms with Gasteiger partial charge in [-0.25, -0.2) is 0 Å². The summed E-state index contributed by atoms with van der Waals surface area (Å²) in [5, 5.41) is 2.91. The van der Waals surface area contributed by atoms with Crippen LogP contribution < -0.4 is 0 Å². The number of carbonyl (C=O) groups is 1. The molecular weight excluding hydrogens is 340 g/mol. The van der Waals surface area contributed by atoms with Gasteiger partial charge in [0.1, 0.15) is 0 Å². The molecule has 0 saturated carbocycles. The first-order valence-electron chi connectivity index (χ1n) is 8.50. The second kappa shape index (κ2) is 6.87. The number of benzene rings is 1. The highest BCUT2D eigenvalue weighted by Gasteiger charge is 2.32. The molecule has 126 valence electrons. The highest BCUT2D eigenvalue weighted by atomic mass is 35.5. The van der Waals surface area contributed by atoms with Crippen molar-refractivity contribution in [3.05, 3.63) is 56.7 Å². The van der Waals surface area contributed by atoms with Crippen LogP contribution in [0.5, 0.6) is 0 Å². The average Bonchev–Trinajstić information content (AvgIpc) is 3.24. The van der Waals surface area contributed by atoms with Crippen molar-refractivity contribution in [1.29, 1.82) is 0 Å². The van der Waals surface area contributed by atoms with Crippen LogP contribution in [0.1, 0.15) is 22.4 Å². The van der Waals surface area contributed by atoms with Crippen LogP contribution in [-0.2, 0) is 24.3 Å². The Kier molecular flexibility index (Phi) is 4.61. The lowest BCUT2D eigenvalue weighted by Crippen LogP contribution is -2.40. The van der Waals surface area contributed by atoms with E-state index < -0.39 is 0 Å². The van der Waals surface area contributed by atoms with Crippen LogP contribution in [0.4, 0.5) is 0 Å². The summed E-state index contributed by atoms with van der Waals surface area (Å²) in [4.78, 5) is 18.8. The van der Waals surface area contributed by atoms with Crippen LogP contribution >= 0.6 is 22.9 Å². The fourth-order valence-electron chi connectivity index (χ4n) is 3.72. The SMILES string of the molecule is O=C(C1CCN(Cc2ccc(Cl)cc2)C1)N1CCc2sccc2C1. The Bertz CT molecular complexity index is 727. The van der Waals surface area contributed by atoms with Crippen LogP contribution in [0.3, 0.4) is 0 Å². The number of thiophene rings is 1. The topological polar surface area (TPSA) is 23.6 Å². The van der Waals surface area contributed by atoms with Gasteiger partial charge in [0.15, 0.2) is 0 Å². The standard InChI is InChI=1S/C19H21ClN2OS/c20-17-3-1-14(2-4-17)11-21-8-5-16(12-21)19(23)22-9-6-18-15(13-22)7-10-24-18/h1-4,7,10,16H,5-6,8-9,11-13H2. The summed E-state index contributed by atoms with van der Waals surface area (Å²) in [6.07, 6.45) is 1.99. The van der Waals surface area contributed by atoms with Crippen LogP contribution in [0.2, 0.25) is 5.02 Å². The molecule has 3 heterocycles. The highest BCUT2D eigenvalue weighted by molar-refractivity contribution is 7.10. The monoisotopic (exact) mass is 360 g/mol. The van der Waals surface area contributed by atoms with E-state index in [4.69, 9.17) is 11.6 Å². The zero-order valence-corrected chi connectivity index (χ0v) is 15.2. The number of likely N-dealkylation sites (tertiary alicyclic amines) is 1. The number of halogens is 1. The fraction of sp³-hybridized carbons (Fsp3) is 0.421. The van der Waals surface area contributed by atoms with Gasteiger partial charge in [0.25, 0.3) is 0 Å². The zero-order chi connectivity index (χ0) is 16.5. The Labute approximate surface area is 151 Å².